The summed E-state index contributed by atoms with van der Waals surface area (Å²) in [5.74, 6) is -0.0180. The smallest absolute Gasteiger partial charge is 0.435 e. The molecule has 3 aromatic rings. The zero-order valence-electron chi connectivity index (χ0n) is 21.6. The molecule has 0 bridgehead atoms. The van der Waals surface area contributed by atoms with E-state index in [-0.39, 0.29) is 29.2 Å². The van der Waals surface area contributed by atoms with Crippen molar-refractivity contribution in [3.63, 3.8) is 0 Å². The number of alkyl halides is 3. The van der Waals surface area contributed by atoms with Gasteiger partial charge in [-0.25, -0.2) is 9.07 Å². The average Bonchev–Trinajstić information content (AvgIpc) is 3.33. The van der Waals surface area contributed by atoms with Crippen LogP contribution in [0.1, 0.15) is 48.6 Å². The van der Waals surface area contributed by atoms with E-state index < -0.39 is 40.0 Å². The van der Waals surface area contributed by atoms with Gasteiger partial charge in [-0.05, 0) is 62.5 Å². The van der Waals surface area contributed by atoms with Gasteiger partial charge in [0.2, 0.25) is 0 Å². The van der Waals surface area contributed by atoms with Gasteiger partial charge in [-0.1, -0.05) is 18.2 Å². The van der Waals surface area contributed by atoms with Gasteiger partial charge in [0.05, 0.1) is 43.2 Å². The Balaban J connectivity index is 2.13. The topological polar surface area (TPSA) is 92.0 Å². The number of allylic oxidation sites excluding steroid dienone is 1. The number of halogens is 4. The first kappa shape index (κ1) is 30.0. The Morgan fingerprint density at radius 2 is 1.85 bits per heavy atom. The van der Waals surface area contributed by atoms with Crippen molar-refractivity contribution in [2.75, 3.05) is 13.4 Å². The van der Waals surface area contributed by atoms with Crippen molar-refractivity contribution in [1.82, 2.24) is 9.78 Å². The van der Waals surface area contributed by atoms with E-state index in [0.717, 1.165) is 28.6 Å². The summed E-state index contributed by atoms with van der Waals surface area (Å²) in [4.78, 5) is 3.73. The van der Waals surface area contributed by atoms with E-state index in [1.54, 1.807) is 31.2 Å². The van der Waals surface area contributed by atoms with Crippen LogP contribution in [0, 0.1) is 5.82 Å². The lowest BCUT2D eigenvalue weighted by atomic mass is 10.1. The predicted molar refractivity (Wildman–Crippen MR) is 137 cm³/mol. The molecule has 1 heterocycles. The van der Waals surface area contributed by atoms with Gasteiger partial charge in [0, 0.05) is 5.56 Å². The fraction of sp³-hybridized carbons (Fsp3) is 0.308. The van der Waals surface area contributed by atoms with Gasteiger partial charge in [-0.2, -0.15) is 26.7 Å². The van der Waals surface area contributed by atoms with Gasteiger partial charge >= 0.3 is 6.18 Å². The van der Waals surface area contributed by atoms with Gasteiger partial charge in [0.15, 0.2) is 11.8 Å². The number of benzene rings is 2. The van der Waals surface area contributed by atoms with Crippen LogP contribution >= 0.6 is 0 Å². The Morgan fingerprint density at radius 1 is 1.18 bits per heavy atom. The molecule has 0 fully saturated rings. The highest BCUT2D eigenvalue weighted by atomic mass is 32.2. The summed E-state index contributed by atoms with van der Waals surface area (Å²) in [6, 6.07) is 11.0. The second kappa shape index (κ2) is 12.1. The van der Waals surface area contributed by atoms with E-state index in [9.17, 15) is 26.0 Å². The molecule has 2 atom stereocenters. The highest BCUT2D eigenvalue weighted by molar-refractivity contribution is 7.86. The SMILES string of the molecule is C=N/C(=C\C)C(OS(C)(=O)=O)c1cc(C(F)(F)F)nn1-c1ccc(F)cc1[C@@H](C)OCc1ccc(OC)cc1. The number of hydrogen-bond donors (Lipinski definition) is 0. The fourth-order valence-electron chi connectivity index (χ4n) is 3.74. The van der Waals surface area contributed by atoms with Crippen LogP contribution in [0.4, 0.5) is 17.6 Å². The Morgan fingerprint density at radius 3 is 2.38 bits per heavy atom. The van der Waals surface area contributed by atoms with Crippen molar-refractivity contribution in [2.45, 2.75) is 38.8 Å². The van der Waals surface area contributed by atoms with Crippen LogP contribution in [0.25, 0.3) is 5.69 Å². The third-order valence-corrected chi connectivity index (χ3v) is 6.17. The number of methoxy groups -OCH3 is 1. The summed E-state index contributed by atoms with van der Waals surface area (Å²) in [7, 11) is -2.65. The van der Waals surface area contributed by atoms with Crippen LogP contribution in [0.5, 0.6) is 5.75 Å². The minimum atomic E-state index is -4.88. The average molecular weight is 570 g/mol. The molecule has 0 N–H and O–H groups in total. The summed E-state index contributed by atoms with van der Waals surface area (Å²) in [6.07, 6.45) is -5.24. The molecular weight excluding hydrogens is 542 g/mol. The molecule has 2 aromatic carbocycles. The Hall–Kier alpha value is -3.55. The summed E-state index contributed by atoms with van der Waals surface area (Å²) in [5, 5.41) is 3.70. The van der Waals surface area contributed by atoms with Crippen molar-refractivity contribution in [1.29, 1.82) is 0 Å². The second-order valence-electron chi connectivity index (χ2n) is 8.42. The molecule has 210 valence electrons. The lowest BCUT2D eigenvalue weighted by Crippen LogP contribution is -2.17. The molecule has 13 heteroatoms. The Kier molecular flexibility index (Phi) is 9.30. The van der Waals surface area contributed by atoms with Crippen LogP contribution in [0.3, 0.4) is 0 Å². The van der Waals surface area contributed by atoms with E-state index in [1.165, 1.54) is 26.2 Å². The zero-order valence-corrected chi connectivity index (χ0v) is 22.4. The fourth-order valence-corrected chi connectivity index (χ4v) is 4.29. The first-order chi connectivity index (χ1) is 18.3. The minimum Gasteiger partial charge on any atom is -0.497 e. The van der Waals surface area contributed by atoms with Gasteiger partial charge in [-0.15, -0.1) is 0 Å². The van der Waals surface area contributed by atoms with Crippen LogP contribution in [-0.4, -0.2) is 38.3 Å². The van der Waals surface area contributed by atoms with E-state index in [2.05, 4.69) is 16.8 Å². The van der Waals surface area contributed by atoms with E-state index >= 15 is 0 Å². The van der Waals surface area contributed by atoms with Crippen molar-refractivity contribution in [2.24, 2.45) is 4.99 Å². The van der Waals surface area contributed by atoms with Crippen LogP contribution in [-0.2, 0) is 31.8 Å². The van der Waals surface area contributed by atoms with Crippen molar-refractivity contribution in [3.8, 4) is 11.4 Å². The molecule has 0 radical (unpaired) electrons. The van der Waals surface area contributed by atoms with E-state index in [1.807, 2.05) is 0 Å². The molecule has 1 unspecified atom stereocenters. The maximum Gasteiger partial charge on any atom is 0.435 e. The molecular formula is C26H27F4N3O5S. The number of aliphatic imine (C=N–C) groups is 1. The molecule has 0 aliphatic rings. The predicted octanol–water partition coefficient (Wildman–Crippen LogP) is 5.94. The summed E-state index contributed by atoms with van der Waals surface area (Å²) >= 11 is 0. The van der Waals surface area contributed by atoms with Crippen molar-refractivity contribution >= 4 is 16.8 Å². The number of hydrogen-bond acceptors (Lipinski definition) is 7. The van der Waals surface area contributed by atoms with Gasteiger partial charge in [0.25, 0.3) is 10.1 Å². The monoisotopic (exact) mass is 569 g/mol. The van der Waals surface area contributed by atoms with E-state index in [0.29, 0.717) is 11.8 Å². The number of aromatic nitrogens is 2. The first-order valence-corrected chi connectivity index (χ1v) is 13.3. The van der Waals surface area contributed by atoms with Gasteiger partial charge in [0.1, 0.15) is 11.6 Å². The Labute approximate surface area is 223 Å². The molecule has 8 nitrogen and oxygen atoms in total. The molecule has 0 saturated carbocycles. The van der Waals surface area contributed by atoms with Crippen molar-refractivity contribution in [3.05, 3.63) is 88.6 Å². The van der Waals surface area contributed by atoms with E-state index in [4.69, 9.17) is 13.7 Å². The van der Waals surface area contributed by atoms with Crippen LogP contribution in [0.15, 0.2) is 65.3 Å². The first-order valence-electron chi connectivity index (χ1n) is 11.5. The molecule has 0 amide bonds. The maximum absolute atomic E-state index is 14.4. The highest BCUT2D eigenvalue weighted by Gasteiger charge is 2.38. The summed E-state index contributed by atoms with van der Waals surface area (Å²) < 4.78 is 96.8. The molecule has 0 saturated heterocycles. The molecule has 0 spiro atoms. The lowest BCUT2D eigenvalue weighted by molar-refractivity contribution is -0.141. The standard InChI is InChI=1S/C26H27F4N3O5S/c1-6-21(31-3)25(38-39(5,34)35)23-14-24(26(28,29)30)32-33(23)22-12-9-18(27)13-20(22)16(2)37-15-17-7-10-19(36-4)11-8-17/h6-14,16,25H,3,15H2,1-2,4-5H3/b21-6-/t16-,25?/m1/s1. The van der Waals surface area contributed by atoms with Crippen molar-refractivity contribution < 1.29 is 39.6 Å². The quantitative estimate of drug-likeness (QED) is 0.161. The summed E-state index contributed by atoms with van der Waals surface area (Å²) in [6.45, 7) is 6.56. The molecule has 3 rings (SSSR count). The zero-order chi connectivity index (χ0) is 29.0. The van der Waals surface area contributed by atoms with Crippen LogP contribution < -0.4 is 4.74 Å². The van der Waals surface area contributed by atoms with Gasteiger partial charge in [-0.3, -0.25) is 9.18 Å². The molecule has 39 heavy (non-hydrogen) atoms. The number of rotatable bonds is 11. The third kappa shape index (κ3) is 7.52. The normalized spacial score (nSPS) is 14.2. The Bertz CT molecular complexity index is 1450. The minimum absolute atomic E-state index is 0.0192. The number of nitrogens with zero attached hydrogens (tertiary/aromatic N) is 3. The highest BCUT2D eigenvalue weighted by Crippen LogP contribution is 2.37. The summed E-state index contributed by atoms with van der Waals surface area (Å²) in [5.41, 5.74) is -0.748. The molecule has 0 aliphatic carbocycles. The maximum atomic E-state index is 14.4. The third-order valence-electron chi connectivity index (χ3n) is 5.63. The van der Waals surface area contributed by atoms with Crippen LogP contribution in [0.2, 0.25) is 0 Å². The lowest BCUT2D eigenvalue weighted by Gasteiger charge is -2.22. The molecule has 0 aliphatic heterocycles. The molecule has 1 aromatic heterocycles. The largest absolute Gasteiger partial charge is 0.497 e. The number of ether oxygens (including phenoxy) is 2. The second-order valence-corrected chi connectivity index (χ2v) is 10.0. The van der Waals surface area contributed by atoms with Gasteiger partial charge < -0.3 is 9.47 Å².